The number of likely N-dealkylation sites (N-methyl/N-ethyl adjacent to an activating group) is 1. The predicted molar refractivity (Wildman–Crippen MR) is 128 cm³/mol. The molecule has 1 aromatic heterocycles. The molecule has 33 heavy (non-hydrogen) atoms. The van der Waals surface area contributed by atoms with Gasteiger partial charge in [0.05, 0.1) is 28.9 Å². The number of nitrogens with one attached hydrogen (secondary N) is 1. The molecule has 0 saturated carbocycles. The summed E-state index contributed by atoms with van der Waals surface area (Å²) in [5.74, 6) is -1.51. The normalized spacial score (nSPS) is 16.2. The van der Waals surface area contributed by atoms with E-state index in [1.807, 2.05) is 6.07 Å². The first-order valence-electron chi connectivity index (χ1n) is 14.4. The summed E-state index contributed by atoms with van der Waals surface area (Å²) in [6.45, 7) is -2.44. The number of ketones is 1. The van der Waals surface area contributed by atoms with E-state index in [0.29, 0.717) is 16.5 Å². The van der Waals surface area contributed by atoms with Gasteiger partial charge in [-0.05, 0) is 63.7 Å². The number of nitriles is 1. The molecule has 0 aliphatic carbocycles. The van der Waals surface area contributed by atoms with Gasteiger partial charge < -0.3 is 15.0 Å². The molecule has 0 saturated heterocycles. The summed E-state index contributed by atoms with van der Waals surface area (Å²) in [5.41, 5.74) is 0.256. The number of halogens is 1. The monoisotopic (exact) mass is 455 g/mol. The summed E-state index contributed by atoms with van der Waals surface area (Å²) in [4.78, 5) is 17.6. The van der Waals surface area contributed by atoms with E-state index in [2.05, 4.69) is 10.3 Å². The molecule has 0 bridgehead atoms. The van der Waals surface area contributed by atoms with Crippen LogP contribution >= 0.6 is 0 Å². The molecule has 170 valence electrons. The highest BCUT2D eigenvalue weighted by molar-refractivity contribution is 5.98. The minimum absolute atomic E-state index is 0.00881. The van der Waals surface area contributed by atoms with Crippen LogP contribution < -0.4 is 10.1 Å². The lowest BCUT2D eigenvalue weighted by Gasteiger charge is -2.15. The topological polar surface area (TPSA) is 78.2 Å². The molecule has 0 fully saturated rings. The van der Waals surface area contributed by atoms with Crippen LogP contribution in [0.25, 0.3) is 10.9 Å². The van der Waals surface area contributed by atoms with Crippen LogP contribution in [0, 0.1) is 24.1 Å². The number of hydrogen-bond acceptors (Lipinski definition) is 6. The van der Waals surface area contributed by atoms with Crippen LogP contribution in [0.4, 0.5) is 15.8 Å². The summed E-state index contributed by atoms with van der Waals surface area (Å²) >= 11 is 0. The maximum absolute atomic E-state index is 14.3. The first-order chi connectivity index (χ1) is 19.4. The third-order valence-electron chi connectivity index (χ3n) is 4.49. The van der Waals surface area contributed by atoms with E-state index in [0.717, 1.165) is 7.05 Å². The summed E-state index contributed by atoms with van der Waals surface area (Å²) < 4.78 is 90.7. The summed E-state index contributed by atoms with van der Waals surface area (Å²) in [6, 6.07) is 2.35. The number of fused-ring (bicyclic) bond motifs is 1. The number of anilines is 2. The van der Waals surface area contributed by atoms with Crippen LogP contribution in [0.5, 0.6) is 5.75 Å². The molecule has 0 aliphatic heterocycles. The van der Waals surface area contributed by atoms with E-state index >= 15 is 0 Å². The Morgan fingerprint density at radius 3 is 3.06 bits per heavy atom. The Hall–Kier alpha value is -3.76. The van der Waals surface area contributed by atoms with Crippen LogP contribution in [0.3, 0.4) is 0 Å². The molecule has 7 heteroatoms. The highest BCUT2D eigenvalue weighted by Crippen LogP contribution is 2.34. The predicted octanol–water partition coefficient (Wildman–Crippen LogP) is 4.93. The van der Waals surface area contributed by atoms with E-state index in [4.69, 9.17) is 17.1 Å². The van der Waals surface area contributed by atoms with Crippen molar-refractivity contribution in [2.75, 3.05) is 32.4 Å². The molecule has 0 amide bonds. The Kier molecular flexibility index (Phi) is 4.67. The van der Waals surface area contributed by atoms with Crippen molar-refractivity contribution in [1.82, 2.24) is 9.88 Å². The van der Waals surface area contributed by atoms with Gasteiger partial charge in [0.2, 0.25) is 0 Å². The zero-order valence-corrected chi connectivity index (χ0v) is 18.3. The minimum Gasteiger partial charge on any atom is -0.494 e. The smallest absolute Gasteiger partial charge is 0.159 e. The van der Waals surface area contributed by atoms with Gasteiger partial charge in [0.25, 0.3) is 0 Å². The van der Waals surface area contributed by atoms with Gasteiger partial charge in [0, 0.05) is 48.7 Å². The molecule has 6 nitrogen and oxygen atoms in total. The van der Waals surface area contributed by atoms with Crippen LogP contribution in [0.15, 0.2) is 48.6 Å². The summed E-state index contributed by atoms with van der Waals surface area (Å²) in [7, 11) is 0.974. The molecule has 1 N–H and O–H groups in total. The summed E-state index contributed by atoms with van der Waals surface area (Å²) in [6.07, 6.45) is 1.54. The van der Waals surface area contributed by atoms with Crippen LogP contribution in [-0.2, 0) is 11.2 Å². The Balaban J connectivity index is 2.16. The molecule has 0 spiro atoms. The van der Waals surface area contributed by atoms with Crippen molar-refractivity contribution in [3.8, 4) is 11.8 Å². The third kappa shape index (κ3) is 5.93. The fraction of sp³-hybridized carbons (Fsp3) is 0.269. The zero-order chi connectivity index (χ0) is 31.7. The average molecular weight is 456 g/mol. The van der Waals surface area contributed by atoms with Gasteiger partial charge in [0.1, 0.15) is 17.6 Å². The van der Waals surface area contributed by atoms with E-state index in [1.54, 1.807) is 6.92 Å². The van der Waals surface area contributed by atoms with Crippen LogP contribution in [0.2, 0.25) is 0 Å². The molecule has 2 aromatic carbocycles. The van der Waals surface area contributed by atoms with Gasteiger partial charge in [-0.2, -0.15) is 5.26 Å². The van der Waals surface area contributed by atoms with Gasteiger partial charge in [0.15, 0.2) is 5.78 Å². The Labute approximate surface area is 206 Å². The lowest BCUT2D eigenvalue weighted by atomic mass is 10.0. The van der Waals surface area contributed by atoms with Gasteiger partial charge >= 0.3 is 0 Å². The van der Waals surface area contributed by atoms with Gasteiger partial charge in [-0.15, -0.1) is 0 Å². The number of aromatic nitrogens is 1. The van der Waals surface area contributed by atoms with Crippen molar-refractivity contribution in [2.45, 2.75) is 20.3 Å². The van der Waals surface area contributed by atoms with Crippen molar-refractivity contribution in [2.24, 2.45) is 0 Å². The number of allylic oxidation sites excluding steroid dienone is 1. The molecular formula is C26H27FN4O2. The first-order valence-corrected chi connectivity index (χ1v) is 9.92. The van der Waals surface area contributed by atoms with E-state index in [9.17, 15) is 14.4 Å². The molecular weight excluding hydrogens is 419 g/mol. The van der Waals surface area contributed by atoms with E-state index in [-0.39, 0.29) is 51.9 Å². The average Bonchev–Trinajstić information content (AvgIpc) is 2.92. The maximum atomic E-state index is 14.3. The van der Waals surface area contributed by atoms with Crippen molar-refractivity contribution < 1.29 is 26.3 Å². The SMILES string of the molecule is [2H]/C(=C\C(=O)Cc1cc2c(Nc3c([2H])c([2H])c(F)c(C)c3[2H])c(C#N)cnc2cc1OCC)C([2H])([2H])N(C)C([2H])([2H])[2H]. The Morgan fingerprint density at radius 2 is 2.33 bits per heavy atom. The molecule has 3 rings (SSSR count). The number of carbonyl (C=O) groups is 1. The molecule has 0 radical (unpaired) electrons. The molecule has 1 heterocycles. The highest BCUT2D eigenvalue weighted by atomic mass is 19.1. The number of benzene rings is 2. The Bertz CT molecular complexity index is 1610. The van der Waals surface area contributed by atoms with Crippen molar-refractivity contribution >= 4 is 28.1 Å². The number of ether oxygens (including phenoxy) is 1. The number of rotatable bonds is 9. The molecule has 0 aliphatic rings. The van der Waals surface area contributed by atoms with Crippen molar-refractivity contribution in [3.63, 3.8) is 0 Å². The molecule has 3 aromatic rings. The second-order valence-electron chi connectivity index (χ2n) is 6.99. The second-order valence-corrected chi connectivity index (χ2v) is 6.99. The number of carbonyl (C=O) groups excluding carboxylic acids is 1. The van der Waals surface area contributed by atoms with Gasteiger partial charge in [-0.25, -0.2) is 4.39 Å². The second kappa shape index (κ2) is 10.7. The fourth-order valence-corrected chi connectivity index (χ4v) is 3.03. The van der Waals surface area contributed by atoms with E-state index < -0.39 is 49.6 Å². The largest absolute Gasteiger partial charge is 0.494 e. The molecule has 0 unspecified atom stereocenters. The zero-order valence-electron chi connectivity index (χ0n) is 27.3. The fourth-order valence-electron chi connectivity index (χ4n) is 3.03. The lowest BCUT2D eigenvalue weighted by Crippen LogP contribution is -2.11. The van der Waals surface area contributed by atoms with Crippen LogP contribution in [0.1, 0.15) is 36.0 Å². The molecule has 0 atom stereocenters. The quantitative estimate of drug-likeness (QED) is 0.461. The number of pyridine rings is 1. The lowest BCUT2D eigenvalue weighted by molar-refractivity contribution is -0.114. The van der Waals surface area contributed by atoms with Gasteiger partial charge in [-0.1, -0.05) is 6.05 Å². The summed E-state index contributed by atoms with van der Waals surface area (Å²) in [5, 5.41) is 12.9. The van der Waals surface area contributed by atoms with Gasteiger partial charge in [-0.3, -0.25) is 9.78 Å². The standard InChI is InChI=1S/C26H27FN4O2/c1-5-33-25-14-24-22(13-18(25)12-21(32)7-6-10-31(3)4)26(19(15-28)16-29-24)30-20-8-9-23(27)17(2)11-20/h6-9,11,13-14,16H,5,10,12H2,1-4H3,(H,29,30)/b7-6+/i3D3,6D,8D,9D,10D2,11D. The third-order valence-corrected chi connectivity index (χ3v) is 4.49. The first kappa shape index (κ1) is 14.4. The van der Waals surface area contributed by atoms with Crippen molar-refractivity contribution in [1.29, 1.82) is 5.26 Å². The number of hydrogen-bond donors (Lipinski definition) is 1. The Morgan fingerprint density at radius 1 is 1.52 bits per heavy atom. The minimum atomic E-state index is -2.86. The van der Waals surface area contributed by atoms with Crippen molar-refractivity contribution in [3.05, 3.63) is 71.1 Å². The number of nitrogens with zero attached hydrogens (tertiary/aromatic N) is 3. The maximum Gasteiger partial charge on any atom is 0.159 e. The highest BCUT2D eigenvalue weighted by Gasteiger charge is 2.16. The van der Waals surface area contributed by atoms with E-state index in [1.165, 1.54) is 25.3 Å². The van der Waals surface area contributed by atoms with Crippen LogP contribution in [-0.4, -0.2) is 42.8 Å².